The molecule has 0 saturated heterocycles. The highest BCUT2D eigenvalue weighted by atomic mass is 16.4. The molecule has 0 aliphatic heterocycles. The number of rotatable bonds is 2. The summed E-state index contributed by atoms with van der Waals surface area (Å²) in [6.07, 6.45) is 4.06. The number of hydrogen-bond acceptors (Lipinski definition) is 4. The Balaban J connectivity index is 1.09. The molecule has 0 unspecified atom stereocenters. The lowest BCUT2D eigenvalue weighted by molar-refractivity contribution is 0.633. The lowest BCUT2D eigenvalue weighted by Gasteiger charge is -2.02. The van der Waals surface area contributed by atoms with Gasteiger partial charge in [-0.15, -0.1) is 0 Å². The molecule has 10 rings (SSSR count). The van der Waals surface area contributed by atoms with Gasteiger partial charge in [-0.1, -0.05) is 42.5 Å². The molecule has 196 valence electrons. The lowest BCUT2D eigenvalue weighted by atomic mass is 10.0. The first kappa shape index (κ1) is 21.9. The van der Waals surface area contributed by atoms with Crippen LogP contribution in [0, 0.1) is 0 Å². The molecule has 5 nitrogen and oxygen atoms in total. The maximum atomic E-state index is 6.41. The van der Waals surface area contributed by atoms with Gasteiger partial charge in [0.25, 0.3) is 0 Å². The van der Waals surface area contributed by atoms with E-state index in [1.165, 1.54) is 0 Å². The summed E-state index contributed by atoms with van der Waals surface area (Å²) in [5.41, 5.74) is 10.0. The summed E-state index contributed by atoms with van der Waals surface area (Å²) < 4.78 is 21.0. The standard InChI is InChI=1S/C37H20N2O3/c1-2-6-31-24(5-1)27-13-14-28-29-17-21(10-15-32(29)42-37(28)36(27)41-31)22-8-11-25-26-12-9-23(19-34(26)40-33(25)18-22)30-20-39-16-4-3-7-35(39)38-30/h1-20H. The predicted octanol–water partition coefficient (Wildman–Crippen LogP) is 10.4. The fraction of sp³-hybridized carbons (Fsp3) is 0. The summed E-state index contributed by atoms with van der Waals surface area (Å²) in [6.45, 7) is 0. The summed E-state index contributed by atoms with van der Waals surface area (Å²) >= 11 is 0. The quantitative estimate of drug-likeness (QED) is 0.219. The molecular weight excluding hydrogens is 520 g/mol. The van der Waals surface area contributed by atoms with Gasteiger partial charge >= 0.3 is 0 Å². The summed E-state index contributed by atoms with van der Waals surface area (Å²) in [5.74, 6) is 0. The lowest BCUT2D eigenvalue weighted by Crippen LogP contribution is -1.78. The number of fused-ring (bicyclic) bond motifs is 11. The summed E-state index contributed by atoms with van der Waals surface area (Å²) in [6, 6.07) is 37.5. The first-order chi connectivity index (χ1) is 20.8. The van der Waals surface area contributed by atoms with Crippen LogP contribution in [0.25, 0.3) is 93.8 Å². The fourth-order valence-electron chi connectivity index (χ4n) is 6.39. The van der Waals surface area contributed by atoms with E-state index in [9.17, 15) is 0 Å². The number of furan rings is 3. The predicted molar refractivity (Wildman–Crippen MR) is 168 cm³/mol. The molecule has 0 N–H and O–H groups in total. The molecule has 0 bridgehead atoms. The Bertz CT molecular complexity index is 2670. The van der Waals surface area contributed by atoms with Gasteiger partial charge in [-0.05, 0) is 77.9 Å². The van der Waals surface area contributed by atoms with Crippen molar-refractivity contribution >= 4 is 71.5 Å². The van der Waals surface area contributed by atoms with E-state index < -0.39 is 0 Å². The molecule has 0 aliphatic carbocycles. The highest BCUT2D eigenvalue weighted by Crippen LogP contribution is 2.40. The number of pyridine rings is 1. The molecule has 0 saturated carbocycles. The minimum absolute atomic E-state index is 0.782. The van der Waals surface area contributed by atoms with Crippen LogP contribution in [0.4, 0.5) is 0 Å². The van der Waals surface area contributed by atoms with E-state index in [0.717, 1.165) is 93.8 Å². The molecule has 10 aromatic rings. The maximum Gasteiger partial charge on any atom is 0.178 e. The first-order valence-electron chi connectivity index (χ1n) is 13.9. The van der Waals surface area contributed by atoms with Crippen molar-refractivity contribution in [1.29, 1.82) is 0 Å². The fourth-order valence-corrected chi connectivity index (χ4v) is 6.39. The monoisotopic (exact) mass is 540 g/mol. The molecule has 0 spiro atoms. The third-order valence-electron chi connectivity index (χ3n) is 8.45. The van der Waals surface area contributed by atoms with E-state index in [-0.39, 0.29) is 0 Å². The van der Waals surface area contributed by atoms with Gasteiger partial charge in [-0.3, -0.25) is 0 Å². The van der Waals surface area contributed by atoms with Crippen LogP contribution in [0.5, 0.6) is 0 Å². The molecule has 5 aromatic heterocycles. The normalized spacial score (nSPS) is 12.3. The van der Waals surface area contributed by atoms with Gasteiger partial charge in [-0.25, -0.2) is 4.98 Å². The Morgan fingerprint density at radius 1 is 0.452 bits per heavy atom. The Morgan fingerprint density at radius 2 is 1.07 bits per heavy atom. The van der Waals surface area contributed by atoms with E-state index in [0.29, 0.717) is 0 Å². The Kier molecular flexibility index (Phi) is 4.12. The zero-order valence-corrected chi connectivity index (χ0v) is 22.2. The molecular formula is C37H20N2O3. The first-order valence-corrected chi connectivity index (χ1v) is 13.9. The second kappa shape index (κ2) is 7.89. The van der Waals surface area contributed by atoms with Crippen LogP contribution in [0.1, 0.15) is 0 Å². The van der Waals surface area contributed by atoms with E-state index in [1.807, 2.05) is 59.3 Å². The zero-order chi connectivity index (χ0) is 27.4. The van der Waals surface area contributed by atoms with Crippen molar-refractivity contribution in [3.8, 4) is 22.4 Å². The maximum absolute atomic E-state index is 6.41. The number of benzene rings is 5. The third kappa shape index (κ3) is 2.99. The average molecular weight is 541 g/mol. The summed E-state index contributed by atoms with van der Waals surface area (Å²) in [5, 5.41) is 6.46. The smallest absolute Gasteiger partial charge is 0.178 e. The van der Waals surface area contributed by atoms with Crippen molar-refractivity contribution in [2.45, 2.75) is 0 Å². The zero-order valence-electron chi connectivity index (χ0n) is 22.2. The summed E-state index contributed by atoms with van der Waals surface area (Å²) in [7, 11) is 0. The van der Waals surface area contributed by atoms with Crippen LogP contribution in [-0.4, -0.2) is 9.38 Å². The Morgan fingerprint density at radius 3 is 1.90 bits per heavy atom. The van der Waals surface area contributed by atoms with Crippen molar-refractivity contribution in [1.82, 2.24) is 9.38 Å². The molecule has 0 aliphatic rings. The second-order valence-electron chi connectivity index (χ2n) is 10.8. The highest BCUT2D eigenvalue weighted by Gasteiger charge is 2.17. The van der Waals surface area contributed by atoms with Crippen LogP contribution in [-0.2, 0) is 0 Å². The molecule has 5 aromatic carbocycles. The number of imidazole rings is 1. The van der Waals surface area contributed by atoms with E-state index in [1.54, 1.807) is 0 Å². The Hall–Kier alpha value is -5.81. The highest BCUT2D eigenvalue weighted by molar-refractivity contribution is 6.19. The van der Waals surface area contributed by atoms with E-state index in [4.69, 9.17) is 18.2 Å². The average Bonchev–Trinajstić information content (AvgIpc) is 3.80. The molecule has 42 heavy (non-hydrogen) atoms. The molecule has 0 radical (unpaired) electrons. The van der Waals surface area contributed by atoms with Gasteiger partial charge in [-0.2, -0.15) is 0 Å². The van der Waals surface area contributed by atoms with Crippen molar-refractivity contribution in [2.24, 2.45) is 0 Å². The molecule has 5 heterocycles. The third-order valence-corrected chi connectivity index (χ3v) is 8.45. The van der Waals surface area contributed by atoms with Crippen LogP contribution in [0.2, 0.25) is 0 Å². The second-order valence-corrected chi connectivity index (χ2v) is 10.8. The van der Waals surface area contributed by atoms with Gasteiger partial charge in [0.15, 0.2) is 11.2 Å². The minimum atomic E-state index is 0.782. The molecule has 5 heteroatoms. The van der Waals surface area contributed by atoms with Crippen molar-refractivity contribution in [2.75, 3.05) is 0 Å². The number of nitrogens with zero attached hydrogens (tertiary/aromatic N) is 2. The number of aromatic nitrogens is 2. The largest absolute Gasteiger partial charge is 0.456 e. The van der Waals surface area contributed by atoms with Gasteiger partial charge in [0.05, 0.1) is 5.69 Å². The van der Waals surface area contributed by atoms with E-state index in [2.05, 4.69) is 66.7 Å². The number of hydrogen-bond donors (Lipinski definition) is 0. The van der Waals surface area contributed by atoms with Crippen molar-refractivity contribution in [3.05, 3.63) is 122 Å². The summed E-state index contributed by atoms with van der Waals surface area (Å²) in [4.78, 5) is 4.77. The Labute approximate surface area is 237 Å². The van der Waals surface area contributed by atoms with Crippen molar-refractivity contribution < 1.29 is 13.3 Å². The van der Waals surface area contributed by atoms with Gasteiger partial charge in [0.2, 0.25) is 0 Å². The van der Waals surface area contributed by atoms with Crippen LogP contribution >= 0.6 is 0 Å². The SMILES string of the molecule is c1ccc2c(c1)oc1c2ccc2c3cc(-c4ccc5c(c4)oc4cc(-c6cn7ccccc7n6)ccc45)ccc3oc21. The van der Waals surface area contributed by atoms with Gasteiger partial charge < -0.3 is 17.7 Å². The molecule has 0 amide bonds. The van der Waals surface area contributed by atoms with E-state index >= 15 is 0 Å². The molecule has 0 fully saturated rings. The topological polar surface area (TPSA) is 56.7 Å². The van der Waals surface area contributed by atoms with Crippen LogP contribution in [0.15, 0.2) is 135 Å². The number of para-hydroxylation sites is 1. The van der Waals surface area contributed by atoms with Crippen molar-refractivity contribution in [3.63, 3.8) is 0 Å². The minimum Gasteiger partial charge on any atom is -0.456 e. The van der Waals surface area contributed by atoms with Gasteiger partial charge in [0.1, 0.15) is 28.0 Å². The van der Waals surface area contributed by atoms with Crippen LogP contribution in [0.3, 0.4) is 0 Å². The van der Waals surface area contributed by atoms with Crippen LogP contribution < -0.4 is 0 Å². The van der Waals surface area contributed by atoms with Gasteiger partial charge in [0, 0.05) is 50.3 Å². The molecule has 0 atom stereocenters.